The molecule has 168 valence electrons. The van der Waals surface area contributed by atoms with E-state index in [1.54, 1.807) is 0 Å². The molecule has 2 amide bonds. The molecule has 3 N–H and O–H groups in total. The second-order valence-electron chi connectivity index (χ2n) is 8.18. The Hall–Kier alpha value is -4.01. The zero-order chi connectivity index (χ0) is 22.9. The molecule has 0 bridgehead atoms. The Kier molecular flexibility index (Phi) is 5.37. The van der Waals surface area contributed by atoms with E-state index in [1.807, 2.05) is 31.2 Å². The molecule has 3 aromatic rings. The van der Waals surface area contributed by atoms with E-state index >= 15 is 0 Å². The van der Waals surface area contributed by atoms with Gasteiger partial charge >= 0.3 is 0 Å². The number of carbonyl (C=O) groups excluding carboxylic acids is 2. The molecule has 0 saturated carbocycles. The van der Waals surface area contributed by atoms with Crippen LogP contribution in [0.4, 0.5) is 27.5 Å². The molecule has 2 aromatic carbocycles. The van der Waals surface area contributed by atoms with Gasteiger partial charge in [0.25, 0.3) is 5.91 Å². The van der Waals surface area contributed by atoms with Gasteiger partial charge in [0, 0.05) is 24.3 Å². The van der Waals surface area contributed by atoms with E-state index in [9.17, 15) is 14.0 Å². The third-order valence-electron chi connectivity index (χ3n) is 5.92. The summed E-state index contributed by atoms with van der Waals surface area (Å²) in [6, 6.07) is 12.7. The maximum atomic E-state index is 13.0. The van der Waals surface area contributed by atoms with Crippen LogP contribution in [0, 0.1) is 12.7 Å². The van der Waals surface area contributed by atoms with Crippen molar-refractivity contribution in [2.75, 3.05) is 27.4 Å². The second-order valence-corrected chi connectivity index (χ2v) is 8.18. The summed E-state index contributed by atoms with van der Waals surface area (Å²) in [5.41, 5.74) is 3.43. The quantitative estimate of drug-likeness (QED) is 0.553. The van der Waals surface area contributed by atoms with Crippen LogP contribution in [0.5, 0.6) is 0 Å². The molecular weight excluding hydrogens is 423 g/mol. The molecule has 3 heterocycles. The minimum Gasteiger partial charge on any atom is -0.350 e. The third kappa shape index (κ3) is 4.21. The molecule has 8 nitrogen and oxygen atoms in total. The second kappa shape index (κ2) is 8.50. The largest absolute Gasteiger partial charge is 0.350 e. The number of amides is 2. The number of anilines is 4. The summed E-state index contributed by atoms with van der Waals surface area (Å²) in [6.07, 6.45) is 1.80. The molecule has 2 aliphatic heterocycles. The number of aromatic nitrogens is 2. The molecule has 9 heteroatoms. The van der Waals surface area contributed by atoms with E-state index in [4.69, 9.17) is 0 Å². The zero-order valence-electron chi connectivity index (χ0n) is 18.1. The zero-order valence-corrected chi connectivity index (χ0v) is 18.1. The molecule has 0 unspecified atom stereocenters. The van der Waals surface area contributed by atoms with Crippen LogP contribution in [0.3, 0.4) is 0 Å². The minimum absolute atomic E-state index is 0.0130. The van der Waals surface area contributed by atoms with Gasteiger partial charge in [-0.15, -0.1) is 0 Å². The molecule has 1 fully saturated rings. The first-order valence-corrected chi connectivity index (χ1v) is 10.8. The average molecular weight is 446 g/mol. The standard InChI is InChI=1S/C24H23FN6O2/c1-14-20-21(31-12-2-3-19(31)23(33)29-20)30-24(27-14)26-13-15-4-10-18(11-5-15)28-22(32)16-6-8-17(25)9-7-16/h4-11,19H,2-3,12-13H2,1H3,(H,28,32)(H,29,33)(H,26,27,30)/t19-/m0/s1. The van der Waals surface area contributed by atoms with Gasteiger partial charge in [-0.05, 0) is 61.7 Å². The molecule has 33 heavy (non-hydrogen) atoms. The minimum atomic E-state index is -0.383. The van der Waals surface area contributed by atoms with E-state index in [1.165, 1.54) is 24.3 Å². The summed E-state index contributed by atoms with van der Waals surface area (Å²) < 4.78 is 13.0. The Bertz CT molecular complexity index is 1210. The van der Waals surface area contributed by atoms with E-state index < -0.39 is 0 Å². The number of carbonyl (C=O) groups is 2. The number of halogens is 1. The number of nitrogens with zero attached hydrogens (tertiary/aromatic N) is 3. The van der Waals surface area contributed by atoms with Gasteiger partial charge in [-0.1, -0.05) is 12.1 Å². The Morgan fingerprint density at radius 2 is 1.91 bits per heavy atom. The first-order valence-electron chi connectivity index (χ1n) is 10.8. The number of benzene rings is 2. The molecule has 0 spiro atoms. The lowest BCUT2D eigenvalue weighted by Crippen LogP contribution is -2.44. The smallest absolute Gasteiger partial charge is 0.255 e. The van der Waals surface area contributed by atoms with E-state index in [2.05, 4.69) is 30.8 Å². The number of aryl methyl sites for hydroxylation is 1. The summed E-state index contributed by atoms with van der Waals surface area (Å²) in [7, 11) is 0. The highest BCUT2D eigenvalue weighted by Crippen LogP contribution is 2.37. The first-order chi connectivity index (χ1) is 16.0. The fourth-order valence-electron chi connectivity index (χ4n) is 4.18. The summed E-state index contributed by atoms with van der Waals surface area (Å²) in [4.78, 5) is 35.8. The Balaban J connectivity index is 1.24. The molecule has 0 aliphatic carbocycles. The van der Waals surface area contributed by atoms with Crippen molar-refractivity contribution in [2.45, 2.75) is 32.4 Å². The molecular formula is C24H23FN6O2. The lowest BCUT2D eigenvalue weighted by atomic mass is 10.1. The van der Waals surface area contributed by atoms with Gasteiger partial charge in [0.2, 0.25) is 11.9 Å². The highest BCUT2D eigenvalue weighted by Gasteiger charge is 2.38. The monoisotopic (exact) mass is 446 g/mol. The van der Waals surface area contributed by atoms with Gasteiger partial charge < -0.3 is 20.9 Å². The van der Waals surface area contributed by atoms with Crippen molar-refractivity contribution >= 4 is 35.0 Å². The first kappa shape index (κ1) is 20.9. The maximum Gasteiger partial charge on any atom is 0.255 e. The van der Waals surface area contributed by atoms with Crippen LogP contribution in [-0.4, -0.2) is 34.4 Å². The highest BCUT2D eigenvalue weighted by atomic mass is 19.1. The van der Waals surface area contributed by atoms with Crippen LogP contribution in [0.15, 0.2) is 48.5 Å². The van der Waals surface area contributed by atoms with Gasteiger partial charge in [0.15, 0.2) is 5.82 Å². The summed E-state index contributed by atoms with van der Waals surface area (Å²) in [5, 5.41) is 9.00. The van der Waals surface area contributed by atoms with Crippen molar-refractivity contribution < 1.29 is 14.0 Å². The fraction of sp³-hybridized carbons (Fsp3) is 0.250. The van der Waals surface area contributed by atoms with Crippen molar-refractivity contribution in [3.8, 4) is 0 Å². The predicted octanol–water partition coefficient (Wildman–Crippen LogP) is 3.71. The number of fused-ring (bicyclic) bond motifs is 3. The predicted molar refractivity (Wildman–Crippen MR) is 124 cm³/mol. The van der Waals surface area contributed by atoms with Gasteiger partial charge in [-0.3, -0.25) is 9.59 Å². The van der Waals surface area contributed by atoms with Crippen molar-refractivity contribution in [1.29, 1.82) is 0 Å². The molecule has 0 radical (unpaired) electrons. The number of nitrogens with one attached hydrogen (secondary N) is 3. The number of hydrogen-bond donors (Lipinski definition) is 3. The van der Waals surface area contributed by atoms with Crippen LogP contribution < -0.4 is 20.9 Å². The third-order valence-corrected chi connectivity index (χ3v) is 5.92. The maximum absolute atomic E-state index is 13.0. The fourth-order valence-corrected chi connectivity index (χ4v) is 4.18. The van der Waals surface area contributed by atoms with Crippen LogP contribution in [-0.2, 0) is 11.3 Å². The highest BCUT2D eigenvalue weighted by molar-refractivity contribution is 6.04. The van der Waals surface area contributed by atoms with E-state index in [0.29, 0.717) is 29.4 Å². The normalized spacial score (nSPS) is 16.6. The van der Waals surface area contributed by atoms with Crippen LogP contribution >= 0.6 is 0 Å². The SMILES string of the molecule is Cc1nc(NCc2ccc(NC(=O)c3ccc(F)cc3)cc2)nc2c1NC(=O)[C@@H]1CCCN21. The van der Waals surface area contributed by atoms with Gasteiger partial charge in [-0.2, -0.15) is 4.98 Å². The summed E-state index contributed by atoms with van der Waals surface area (Å²) in [5.74, 6) is 0.601. The Morgan fingerprint density at radius 3 is 2.67 bits per heavy atom. The molecule has 5 rings (SSSR count). The van der Waals surface area contributed by atoms with Crippen LogP contribution in [0.1, 0.15) is 34.5 Å². The summed E-state index contributed by atoms with van der Waals surface area (Å²) >= 11 is 0. The van der Waals surface area contributed by atoms with Crippen molar-refractivity contribution in [2.24, 2.45) is 0 Å². The lowest BCUT2D eigenvalue weighted by Gasteiger charge is -2.32. The molecule has 1 aromatic heterocycles. The molecule has 2 aliphatic rings. The van der Waals surface area contributed by atoms with Gasteiger partial charge in [0.05, 0.1) is 5.69 Å². The van der Waals surface area contributed by atoms with Gasteiger partial charge in [-0.25, -0.2) is 9.37 Å². The lowest BCUT2D eigenvalue weighted by molar-refractivity contribution is -0.117. The summed E-state index contributed by atoms with van der Waals surface area (Å²) in [6.45, 7) is 3.17. The topological polar surface area (TPSA) is 99.2 Å². The Labute approximate surface area is 190 Å². The Morgan fingerprint density at radius 1 is 1.15 bits per heavy atom. The van der Waals surface area contributed by atoms with Crippen molar-refractivity contribution in [1.82, 2.24) is 9.97 Å². The average Bonchev–Trinajstić information content (AvgIpc) is 3.31. The van der Waals surface area contributed by atoms with E-state index in [0.717, 1.165) is 36.5 Å². The van der Waals surface area contributed by atoms with Crippen LogP contribution in [0.2, 0.25) is 0 Å². The molecule has 1 atom stereocenters. The van der Waals surface area contributed by atoms with E-state index in [-0.39, 0.29) is 23.7 Å². The molecule has 1 saturated heterocycles. The van der Waals surface area contributed by atoms with Crippen LogP contribution in [0.25, 0.3) is 0 Å². The van der Waals surface area contributed by atoms with Gasteiger partial charge in [0.1, 0.15) is 17.5 Å². The number of hydrogen-bond acceptors (Lipinski definition) is 6. The number of rotatable bonds is 5. The van der Waals surface area contributed by atoms with Crippen molar-refractivity contribution in [3.63, 3.8) is 0 Å². The van der Waals surface area contributed by atoms with Crippen molar-refractivity contribution in [3.05, 3.63) is 71.2 Å².